The molecule has 1 N–H and O–H groups in total. The lowest BCUT2D eigenvalue weighted by Crippen LogP contribution is -2.11. The summed E-state index contributed by atoms with van der Waals surface area (Å²) in [7, 11) is 0. The number of fused-ring (bicyclic) bond motifs is 1. The maximum Gasteiger partial charge on any atom is 0.138 e. The molecular weight excluding hydrogens is 300 g/mol. The van der Waals surface area contributed by atoms with Gasteiger partial charge < -0.3 is 14.4 Å². The number of ether oxygens (including phenoxy) is 1. The Morgan fingerprint density at radius 2 is 1.88 bits per heavy atom. The summed E-state index contributed by atoms with van der Waals surface area (Å²) in [6.45, 7) is 5.44. The number of aliphatic hydroxyl groups excluding tert-OH is 1. The smallest absolute Gasteiger partial charge is 0.138 e. The zero-order chi connectivity index (χ0) is 16.9. The topological polar surface area (TPSA) is 47.3 Å². The van der Waals surface area contributed by atoms with Gasteiger partial charge in [-0.2, -0.15) is 0 Å². The lowest BCUT2D eigenvalue weighted by molar-refractivity contribution is 0.158. The quantitative estimate of drug-likeness (QED) is 0.661. The van der Waals surface area contributed by atoms with Gasteiger partial charge >= 0.3 is 0 Å². The van der Waals surface area contributed by atoms with E-state index in [0.29, 0.717) is 13.0 Å². The summed E-state index contributed by atoms with van der Waals surface area (Å²) < 4.78 is 7.91. The van der Waals surface area contributed by atoms with Gasteiger partial charge in [-0.25, -0.2) is 4.98 Å². The molecule has 4 heteroatoms. The van der Waals surface area contributed by atoms with Crippen molar-refractivity contribution in [3.63, 3.8) is 0 Å². The Balaban J connectivity index is 1.68. The highest BCUT2D eigenvalue weighted by atomic mass is 16.5. The van der Waals surface area contributed by atoms with Crippen molar-refractivity contribution >= 4 is 11.0 Å². The Hall–Kier alpha value is -2.33. The standard InChI is InChI=1S/C20H24N2O2/c1-3-19(23)20-21-17-7-4-5-8-18(17)22(20)13-6-14-24-16-11-9-15(2)10-12-16/h4-5,7-12,19,23H,3,6,13-14H2,1-2H3/t19-/m0/s1. The summed E-state index contributed by atoms with van der Waals surface area (Å²) in [4.78, 5) is 4.60. The van der Waals surface area contributed by atoms with E-state index in [-0.39, 0.29) is 0 Å². The summed E-state index contributed by atoms with van der Waals surface area (Å²) in [6, 6.07) is 16.1. The minimum absolute atomic E-state index is 0.532. The molecule has 4 nitrogen and oxygen atoms in total. The van der Waals surface area contributed by atoms with Crippen LogP contribution in [0, 0.1) is 6.92 Å². The van der Waals surface area contributed by atoms with Gasteiger partial charge in [0.05, 0.1) is 17.6 Å². The molecule has 0 saturated heterocycles. The van der Waals surface area contributed by atoms with Crippen LogP contribution >= 0.6 is 0 Å². The molecule has 0 aliphatic rings. The maximum atomic E-state index is 10.3. The van der Waals surface area contributed by atoms with Crippen LogP contribution in [-0.2, 0) is 6.54 Å². The SMILES string of the molecule is CC[C@H](O)c1nc2ccccc2n1CCCOc1ccc(C)cc1. The molecule has 1 aromatic heterocycles. The summed E-state index contributed by atoms with van der Waals surface area (Å²) in [5.41, 5.74) is 3.22. The van der Waals surface area contributed by atoms with Crippen molar-refractivity contribution in [2.24, 2.45) is 0 Å². The Morgan fingerprint density at radius 3 is 2.62 bits per heavy atom. The Labute approximate surface area is 142 Å². The second-order valence-corrected chi connectivity index (χ2v) is 6.05. The fraction of sp³-hybridized carbons (Fsp3) is 0.350. The average molecular weight is 324 g/mol. The Bertz CT molecular complexity index is 793. The van der Waals surface area contributed by atoms with Gasteiger partial charge in [-0.05, 0) is 44.0 Å². The van der Waals surface area contributed by atoms with Crippen molar-refractivity contribution in [2.75, 3.05) is 6.61 Å². The fourth-order valence-corrected chi connectivity index (χ4v) is 2.81. The molecule has 0 amide bonds. The summed E-state index contributed by atoms with van der Waals surface area (Å²) in [5.74, 6) is 1.64. The van der Waals surface area contributed by atoms with Crippen molar-refractivity contribution in [3.05, 3.63) is 59.9 Å². The van der Waals surface area contributed by atoms with Gasteiger partial charge in [0, 0.05) is 6.54 Å². The molecule has 1 heterocycles. The number of hydrogen-bond donors (Lipinski definition) is 1. The molecule has 3 aromatic rings. The molecule has 24 heavy (non-hydrogen) atoms. The number of imidazole rings is 1. The van der Waals surface area contributed by atoms with Crippen LogP contribution in [-0.4, -0.2) is 21.3 Å². The van der Waals surface area contributed by atoms with Crippen LogP contribution in [0.4, 0.5) is 0 Å². The van der Waals surface area contributed by atoms with E-state index in [9.17, 15) is 5.11 Å². The lowest BCUT2D eigenvalue weighted by atomic mass is 10.2. The van der Waals surface area contributed by atoms with Gasteiger partial charge in [0.25, 0.3) is 0 Å². The van der Waals surface area contributed by atoms with Crippen LogP contribution in [0.5, 0.6) is 5.75 Å². The van der Waals surface area contributed by atoms with Gasteiger partial charge in [-0.15, -0.1) is 0 Å². The van der Waals surface area contributed by atoms with Crippen LogP contribution in [0.1, 0.15) is 37.3 Å². The van der Waals surface area contributed by atoms with Gasteiger partial charge in [0.1, 0.15) is 17.7 Å². The van der Waals surface area contributed by atoms with Crippen molar-refractivity contribution in [2.45, 2.75) is 39.3 Å². The van der Waals surface area contributed by atoms with E-state index in [1.807, 2.05) is 37.3 Å². The van der Waals surface area contributed by atoms with E-state index in [0.717, 1.165) is 35.6 Å². The first-order chi connectivity index (χ1) is 11.7. The third-order valence-electron chi connectivity index (χ3n) is 4.18. The largest absolute Gasteiger partial charge is 0.494 e. The predicted octanol–water partition coefficient (Wildman–Crippen LogP) is 4.26. The maximum absolute atomic E-state index is 10.3. The monoisotopic (exact) mass is 324 g/mol. The fourth-order valence-electron chi connectivity index (χ4n) is 2.81. The zero-order valence-corrected chi connectivity index (χ0v) is 14.3. The van der Waals surface area contributed by atoms with E-state index >= 15 is 0 Å². The minimum atomic E-state index is -0.532. The first-order valence-corrected chi connectivity index (χ1v) is 8.51. The number of benzene rings is 2. The summed E-state index contributed by atoms with van der Waals surface area (Å²) in [6.07, 6.45) is 0.983. The number of rotatable bonds is 7. The number of aryl methyl sites for hydroxylation is 2. The van der Waals surface area contributed by atoms with Crippen molar-refractivity contribution < 1.29 is 9.84 Å². The molecular formula is C20H24N2O2. The van der Waals surface area contributed by atoms with Crippen LogP contribution in [0.3, 0.4) is 0 Å². The van der Waals surface area contributed by atoms with Crippen LogP contribution in [0.25, 0.3) is 11.0 Å². The van der Waals surface area contributed by atoms with Crippen molar-refractivity contribution in [1.29, 1.82) is 0 Å². The normalized spacial score (nSPS) is 12.5. The molecule has 0 saturated carbocycles. The first kappa shape index (κ1) is 16.5. The molecule has 0 aliphatic heterocycles. The summed E-state index contributed by atoms with van der Waals surface area (Å²) in [5, 5.41) is 10.3. The second kappa shape index (κ2) is 7.49. The molecule has 1 atom stereocenters. The van der Waals surface area contributed by atoms with Crippen molar-refractivity contribution in [3.8, 4) is 5.75 Å². The first-order valence-electron chi connectivity index (χ1n) is 8.51. The number of para-hydroxylation sites is 2. The predicted molar refractivity (Wildman–Crippen MR) is 96.3 cm³/mol. The highest BCUT2D eigenvalue weighted by Crippen LogP contribution is 2.23. The summed E-state index contributed by atoms with van der Waals surface area (Å²) >= 11 is 0. The lowest BCUT2D eigenvalue weighted by Gasteiger charge is -2.13. The minimum Gasteiger partial charge on any atom is -0.494 e. The van der Waals surface area contributed by atoms with Gasteiger partial charge in [0.15, 0.2) is 0 Å². The molecule has 0 bridgehead atoms. The van der Waals surface area contributed by atoms with Gasteiger partial charge in [-0.3, -0.25) is 0 Å². The third-order valence-corrected chi connectivity index (χ3v) is 4.18. The highest BCUT2D eigenvalue weighted by Gasteiger charge is 2.16. The molecule has 0 fully saturated rings. The van der Waals surface area contributed by atoms with Crippen LogP contribution < -0.4 is 4.74 Å². The van der Waals surface area contributed by atoms with Gasteiger partial charge in [-0.1, -0.05) is 36.8 Å². The molecule has 0 aliphatic carbocycles. The average Bonchev–Trinajstić information content (AvgIpc) is 2.98. The number of aromatic nitrogens is 2. The molecule has 126 valence electrons. The van der Waals surface area contributed by atoms with E-state index < -0.39 is 6.10 Å². The van der Waals surface area contributed by atoms with E-state index in [2.05, 4.69) is 34.7 Å². The second-order valence-electron chi connectivity index (χ2n) is 6.05. The number of hydrogen-bond acceptors (Lipinski definition) is 3. The molecule has 2 aromatic carbocycles. The van der Waals surface area contributed by atoms with Crippen molar-refractivity contribution in [1.82, 2.24) is 9.55 Å². The zero-order valence-electron chi connectivity index (χ0n) is 14.3. The Morgan fingerprint density at radius 1 is 1.12 bits per heavy atom. The van der Waals surface area contributed by atoms with Crippen LogP contribution in [0.15, 0.2) is 48.5 Å². The van der Waals surface area contributed by atoms with Crippen LogP contribution in [0.2, 0.25) is 0 Å². The highest BCUT2D eigenvalue weighted by molar-refractivity contribution is 5.76. The van der Waals surface area contributed by atoms with E-state index in [4.69, 9.17) is 4.74 Å². The Kier molecular flexibility index (Phi) is 5.16. The number of nitrogens with zero attached hydrogens (tertiary/aromatic N) is 2. The molecule has 0 unspecified atom stereocenters. The molecule has 0 radical (unpaired) electrons. The molecule has 3 rings (SSSR count). The third kappa shape index (κ3) is 3.60. The van der Waals surface area contributed by atoms with E-state index in [1.165, 1.54) is 5.56 Å². The van der Waals surface area contributed by atoms with Gasteiger partial charge in [0.2, 0.25) is 0 Å². The number of aliphatic hydroxyl groups is 1. The molecule has 0 spiro atoms. The van der Waals surface area contributed by atoms with E-state index in [1.54, 1.807) is 0 Å².